The number of hydrogen-bond donors (Lipinski definition) is 0. The lowest BCUT2D eigenvalue weighted by molar-refractivity contribution is 0.0258. The highest BCUT2D eigenvalue weighted by atomic mass is 16.6. The van der Waals surface area contributed by atoms with E-state index in [4.69, 9.17) is 9.47 Å². The Balaban J connectivity index is 1.47. The summed E-state index contributed by atoms with van der Waals surface area (Å²) < 4.78 is 11.1. The van der Waals surface area contributed by atoms with Crippen LogP contribution in [0, 0.1) is 0 Å². The number of carbonyl (C=O) groups is 1. The zero-order valence-electron chi connectivity index (χ0n) is 15.7. The number of benzene rings is 1. The number of hydrogen-bond acceptors (Lipinski definition) is 4. The van der Waals surface area contributed by atoms with Crippen molar-refractivity contribution in [3.05, 3.63) is 29.3 Å². The third-order valence-corrected chi connectivity index (χ3v) is 4.71. The summed E-state index contributed by atoms with van der Waals surface area (Å²) in [5, 5.41) is 0. The first-order valence-corrected chi connectivity index (χ1v) is 9.36. The highest BCUT2D eigenvalue weighted by Gasteiger charge is 2.24. The van der Waals surface area contributed by atoms with Gasteiger partial charge in [0.05, 0.1) is 6.61 Å². The van der Waals surface area contributed by atoms with Crippen LogP contribution >= 0.6 is 0 Å². The average molecular weight is 346 g/mol. The first-order valence-electron chi connectivity index (χ1n) is 9.36. The van der Waals surface area contributed by atoms with E-state index in [9.17, 15) is 4.79 Å². The molecule has 5 heteroatoms. The molecule has 0 bridgehead atoms. The van der Waals surface area contributed by atoms with Gasteiger partial charge in [-0.25, -0.2) is 4.79 Å². The van der Waals surface area contributed by atoms with E-state index in [1.165, 1.54) is 11.1 Å². The number of fused-ring (bicyclic) bond motifs is 1. The van der Waals surface area contributed by atoms with Gasteiger partial charge in [0, 0.05) is 32.6 Å². The van der Waals surface area contributed by atoms with Gasteiger partial charge < -0.3 is 19.3 Å². The van der Waals surface area contributed by atoms with Gasteiger partial charge in [0.2, 0.25) is 0 Å². The molecular weight excluding hydrogens is 316 g/mol. The zero-order chi connectivity index (χ0) is 17.9. The van der Waals surface area contributed by atoms with E-state index in [0.29, 0.717) is 0 Å². The summed E-state index contributed by atoms with van der Waals surface area (Å²) in [4.78, 5) is 16.5. The molecule has 3 rings (SSSR count). The second kappa shape index (κ2) is 7.65. The van der Waals surface area contributed by atoms with E-state index in [0.717, 1.165) is 64.3 Å². The second-order valence-corrected chi connectivity index (χ2v) is 7.95. The van der Waals surface area contributed by atoms with Crippen molar-refractivity contribution in [2.45, 2.75) is 45.6 Å². The van der Waals surface area contributed by atoms with E-state index in [1.54, 1.807) is 0 Å². The Morgan fingerprint density at radius 1 is 1.20 bits per heavy atom. The molecule has 1 fully saturated rings. The molecule has 0 aromatic heterocycles. The van der Waals surface area contributed by atoms with Crippen molar-refractivity contribution in [1.29, 1.82) is 0 Å². The first kappa shape index (κ1) is 18.1. The maximum Gasteiger partial charge on any atom is 0.410 e. The van der Waals surface area contributed by atoms with Gasteiger partial charge in [0.15, 0.2) is 0 Å². The van der Waals surface area contributed by atoms with Crippen molar-refractivity contribution >= 4 is 6.09 Å². The Morgan fingerprint density at radius 3 is 2.84 bits per heavy atom. The second-order valence-electron chi connectivity index (χ2n) is 7.95. The molecule has 138 valence electrons. The molecule has 2 heterocycles. The predicted molar refractivity (Wildman–Crippen MR) is 98.2 cm³/mol. The van der Waals surface area contributed by atoms with Crippen molar-refractivity contribution in [3.8, 4) is 5.75 Å². The molecule has 2 aliphatic rings. The Bertz CT molecular complexity index is 609. The smallest absolute Gasteiger partial charge is 0.410 e. The Hall–Kier alpha value is -1.75. The third kappa shape index (κ3) is 5.11. The summed E-state index contributed by atoms with van der Waals surface area (Å²) in [6, 6.07) is 6.56. The van der Waals surface area contributed by atoms with E-state index in [2.05, 4.69) is 23.1 Å². The van der Waals surface area contributed by atoms with Crippen LogP contribution < -0.4 is 4.74 Å². The van der Waals surface area contributed by atoms with Crippen molar-refractivity contribution in [2.75, 3.05) is 39.3 Å². The third-order valence-electron chi connectivity index (χ3n) is 4.71. The standard InChI is InChI=1S/C20H30N2O3/c1-20(2,3)25-19(23)22-10-4-9-21(12-13-22)11-7-16-5-6-18-17(15-16)8-14-24-18/h5-6,15H,4,7-14H2,1-3H3. The molecule has 0 spiro atoms. The van der Waals surface area contributed by atoms with Crippen molar-refractivity contribution in [1.82, 2.24) is 9.80 Å². The molecule has 0 saturated carbocycles. The minimum absolute atomic E-state index is 0.187. The van der Waals surface area contributed by atoms with Crippen LogP contribution in [-0.2, 0) is 17.6 Å². The van der Waals surface area contributed by atoms with Crippen LogP contribution in [0.1, 0.15) is 38.3 Å². The molecule has 25 heavy (non-hydrogen) atoms. The monoisotopic (exact) mass is 346 g/mol. The lowest BCUT2D eigenvalue weighted by Crippen LogP contribution is -2.39. The summed E-state index contributed by atoms with van der Waals surface area (Å²) in [5.74, 6) is 1.05. The minimum atomic E-state index is -0.430. The molecule has 1 aromatic rings. The largest absolute Gasteiger partial charge is 0.493 e. The number of carbonyl (C=O) groups excluding carboxylic acids is 1. The zero-order valence-corrected chi connectivity index (χ0v) is 15.7. The summed E-state index contributed by atoms with van der Waals surface area (Å²) in [6.45, 7) is 11.0. The molecule has 1 saturated heterocycles. The van der Waals surface area contributed by atoms with Crippen molar-refractivity contribution in [3.63, 3.8) is 0 Å². The Morgan fingerprint density at radius 2 is 2.04 bits per heavy atom. The summed E-state index contributed by atoms with van der Waals surface area (Å²) in [5.41, 5.74) is 2.28. The molecule has 0 atom stereocenters. The lowest BCUT2D eigenvalue weighted by atomic mass is 10.1. The fourth-order valence-corrected chi connectivity index (χ4v) is 3.39. The maximum absolute atomic E-state index is 12.2. The van der Waals surface area contributed by atoms with Gasteiger partial charge in [-0.1, -0.05) is 12.1 Å². The lowest BCUT2D eigenvalue weighted by Gasteiger charge is -2.26. The number of rotatable bonds is 3. The molecule has 0 N–H and O–H groups in total. The van der Waals surface area contributed by atoms with Gasteiger partial charge in [-0.15, -0.1) is 0 Å². The molecule has 5 nitrogen and oxygen atoms in total. The Kier molecular flexibility index (Phi) is 5.52. The van der Waals surface area contributed by atoms with Crippen LogP contribution in [0.4, 0.5) is 4.79 Å². The van der Waals surface area contributed by atoms with Crippen LogP contribution in [0.2, 0.25) is 0 Å². The quantitative estimate of drug-likeness (QED) is 0.843. The van der Waals surface area contributed by atoms with E-state index in [1.807, 2.05) is 25.7 Å². The number of amides is 1. The highest BCUT2D eigenvalue weighted by molar-refractivity contribution is 5.68. The molecule has 2 aliphatic heterocycles. The van der Waals surface area contributed by atoms with Gasteiger partial charge in [0.1, 0.15) is 11.4 Å². The SMILES string of the molecule is CC(C)(C)OC(=O)N1CCCN(CCc2ccc3c(c2)CCO3)CC1. The van der Waals surface area contributed by atoms with E-state index >= 15 is 0 Å². The normalized spacial score (nSPS) is 18.4. The van der Waals surface area contributed by atoms with Gasteiger partial charge in [-0.2, -0.15) is 0 Å². The van der Waals surface area contributed by atoms with Crippen molar-refractivity contribution < 1.29 is 14.3 Å². The fraction of sp³-hybridized carbons (Fsp3) is 0.650. The summed E-state index contributed by atoms with van der Waals surface area (Å²) >= 11 is 0. The molecule has 0 aliphatic carbocycles. The molecule has 0 radical (unpaired) electrons. The van der Waals surface area contributed by atoms with Crippen LogP contribution in [-0.4, -0.2) is 60.8 Å². The van der Waals surface area contributed by atoms with E-state index in [-0.39, 0.29) is 6.09 Å². The first-order chi connectivity index (χ1) is 11.9. The molecule has 0 unspecified atom stereocenters. The fourth-order valence-electron chi connectivity index (χ4n) is 3.39. The number of nitrogens with zero attached hydrogens (tertiary/aromatic N) is 2. The average Bonchev–Trinajstić information content (AvgIpc) is 2.87. The topological polar surface area (TPSA) is 42.0 Å². The maximum atomic E-state index is 12.2. The highest BCUT2D eigenvalue weighted by Crippen LogP contribution is 2.26. The van der Waals surface area contributed by atoms with Gasteiger partial charge >= 0.3 is 6.09 Å². The Labute approximate surface area is 150 Å². The van der Waals surface area contributed by atoms with Gasteiger partial charge in [0.25, 0.3) is 0 Å². The summed E-state index contributed by atoms with van der Waals surface area (Å²) in [7, 11) is 0. The molecule has 1 aromatic carbocycles. The van der Waals surface area contributed by atoms with Gasteiger partial charge in [-0.05, 0) is 57.4 Å². The van der Waals surface area contributed by atoms with Crippen LogP contribution in [0.3, 0.4) is 0 Å². The molecule has 1 amide bonds. The molecular formula is C20H30N2O3. The number of ether oxygens (including phenoxy) is 2. The minimum Gasteiger partial charge on any atom is -0.493 e. The van der Waals surface area contributed by atoms with Crippen LogP contribution in [0.15, 0.2) is 18.2 Å². The summed E-state index contributed by atoms with van der Waals surface area (Å²) in [6.07, 6.45) is 2.88. The van der Waals surface area contributed by atoms with Crippen molar-refractivity contribution in [2.24, 2.45) is 0 Å². The predicted octanol–water partition coefficient (Wildman–Crippen LogP) is 3.11. The van der Waals surface area contributed by atoms with E-state index < -0.39 is 5.60 Å². The van der Waals surface area contributed by atoms with Gasteiger partial charge in [-0.3, -0.25) is 0 Å². The van der Waals surface area contributed by atoms with Crippen LogP contribution in [0.25, 0.3) is 0 Å². The van der Waals surface area contributed by atoms with Crippen LogP contribution in [0.5, 0.6) is 5.75 Å².